The molecule has 0 aliphatic carbocycles. The van der Waals surface area contributed by atoms with Crippen LogP contribution in [0.15, 0.2) is 59.5 Å². The molecule has 7 heteroatoms. The first kappa shape index (κ1) is 17.9. The predicted octanol–water partition coefficient (Wildman–Crippen LogP) is 1.80. The van der Waals surface area contributed by atoms with Crippen LogP contribution < -0.4 is 10.5 Å². The Bertz CT molecular complexity index is 1150. The topological polar surface area (TPSA) is 81.7 Å². The lowest BCUT2D eigenvalue weighted by Gasteiger charge is -2.39. The molecule has 0 unspecified atom stereocenters. The van der Waals surface area contributed by atoms with E-state index in [0.717, 1.165) is 0 Å². The third kappa shape index (κ3) is 3.26. The van der Waals surface area contributed by atoms with Crippen LogP contribution in [0.1, 0.15) is 18.2 Å². The van der Waals surface area contributed by atoms with E-state index < -0.39 is 0 Å². The van der Waals surface area contributed by atoms with Crippen LogP contribution in [-0.2, 0) is 11.3 Å². The highest BCUT2D eigenvalue weighted by Gasteiger charge is 2.31. The molecule has 1 aromatic carbocycles. The normalized spacial score (nSPS) is 17.6. The van der Waals surface area contributed by atoms with Crippen LogP contribution >= 0.6 is 0 Å². The Hall–Kier alpha value is -3.50. The number of pyridine rings is 1. The fourth-order valence-electron chi connectivity index (χ4n) is 3.54. The maximum atomic E-state index is 12.8. The quantitative estimate of drug-likeness (QED) is 0.699. The summed E-state index contributed by atoms with van der Waals surface area (Å²) in [5, 5.41) is 9.32. The van der Waals surface area contributed by atoms with Crippen molar-refractivity contribution >= 4 is 17.2 Å². The monoisotopic (exact) mass is 373 g/mol. The van der Waals surface area contributed by atoms with E-state index >= 15 is 0 Å². The van der Waals surface area contributed by atoms with Gasteiger partial charge in [0.1, 0.15) is 11.7 Å². The fourth-order valence-corrected chi connectivity index (χ4v) is 3.54. The second-order valence-corrected chi connectivity index (χ2v) is 6.90. The number of para-hydroxylation sites is 1. The summed E-state index contributed by atoms with van der Waals surface area (Å²) in [5.74, 6) is -0.0710. The third-order valence-corrected chi connectivity index (χ3v) is 5.01. The minimum absolute atomic E-state index is 0.0560. The van der Waals surface area contributed by atoms with E-state index in [-0.39, 0.29) is 24.1 Å². The Labute approximate surface area is 162 Å². The zero-order chi connectivity index (χ0) is 19.7. The van der Waals surface area contributed by atoms with Gasteiger partial charge in [-0.05, 0) is 31.2 Å². The number of rotatable bonds is 3. The molecule has 0 bridgehead atoms. The molecule has 2 aromatic heterocycles. The van der Waals surface area contributed by atoms with Crippen LogP contribution in [0.3, 0.4) is 0 Å². The molecule has 1 aliphatic rings. The predicted molar refractivity (Wildman–Crippen MR) is 105 cm³/mol. The molecule has 0 spiro atoms. The summed E-state index contributed by atoms with van der Waals surface area (Å²) in [4.78, 5) is 33.3. The lowest BCUT2D eigenvalue weighted by molar-refractivity contribution is -0.122. The summed E-state index contributed by atoms with van der Waals surface area (Å²) >= 11 is 0. The molecule has 0 radical (unpaired) electrons. The van der Waals surface area contributed by atoms with E-state index in [1.807, 2.05) is 24.0 Å². The minimum Gasteiger partial charge on any atom is -0.308 e. The summed E-state index contributed by atoms with van der Waals surface area (Å²) in [7, 11) is 0. The van der Waals surface area contributed by atoms with Crippen LogP contribution in [-0.4, -0.2) is 39.3 Å². The second kappa shape index (κ2) is 7.25. The van der Waals surface area contributed by atoms with E-state index in [1.165, 1.54) is 10.5 Å². The molecule has 0 saturated carbocycles. The van der Waals surface area contributed by atoms with Gasteiger partial charge in [-0.15, -0.1) is 0 Å². The molecule has 4 rings (SSSR count). The van der Waals surface area contributed by atoms with Crippen LogP contribution in [0.2, 0.25) is 0 Å². The van der Waals surface area contributed by atoms with Crippen LogP contribution in [0, 0.1) is 11.3 Å². The molecule has 140 valence electrons. The van der Waals surface area contributed by atoms with Gasteiger partial charge in [-0.1, -0.05) is 18.2 Å². The van der Waals surface area contributed by atoms with Crippen LogP contribution in [0.4, 0.5) is 5.69 Å². The minimum atomic E-state index is -0.138. The van der Waals surface area contributed by atoms with Gasteiger partial charge >= 0.3 is 0 Å². The van der Waals surface area contributed by atoms with Crippen molar-refractivity contribution in [1.29, 1.82) is 5.26 Å². The highest BCUT2D eigenvalue weighted by Crippen LogP contribution is 2.24. The standard InChI is InChI=1S/C21H19N5O2/c1-15-12-26(18-7-3-2-6-16(18)11-22)21(28)14-24(15)13-17-10-20(27)25-9-5-4-8-19(25)23-17/h2-10,15H,12-14H2,1H3/t15-/m1/s1. The molecule has 3 aromatic rings. The van der Waals surface area contributed by atoms with Crippen molar-refractivity contribution in [3.63, 3.8) is 0 Å². The molecule has 1 atom stereocenters. The van der Waals surface area contributed by atoms with Crippen molar-refractivity contribution in [3.8, 4) is 6.07 Å². The molecule has 1 fully saturated rings. The first-order valence-electron chi connectivity index (χ1n) is 9.07. The molecule has 7 nitrogen and oxygen atoms in total. The maximum absolute atomic E-state index is 12.8. The highest BCUT2D eigenvalue weighted by atomic mass is 16.2. The van der Waals surface area contributed by atoms with Gasteiger partial charge in [-0.2, -0.15) is 5.26 Å². The van der Waals surface area contributed by atoms with E-state index in [9.17, 15) is 14.9 Å². The van der Waals surface area contributed by atoms with Crippen molar-refractivity contribution in [1.82, 2.24) is 14.3 Å². The molecular weight excluding hydrogens is 354 g/mol. The molecule has 1 aliphatic heterocycles. The Balaban J connectivity index is 1.57. The largest absolute Gasteiger partial charge is 0.308 e. The van der Waals surface area contributed by atoms with Crippen LogP contribution in [0.25, 0.3) is 5.65 Å². The number of aromatic nitrogens is 2. The van der Waals surface area contributed by atoms with Gasteiger partial charge in [0, 0.05) is 31.4 Å². The Morgan fingerprint density at radius 1 is 1.18 bits per heavy atom. The maximum Gasteiger partial charge on any atom is 0.258 e. The molecule has 0 N–H and O–H groups in total. The number of fused-ring (bicyclic) bond motifs is 1. The Morgan fingerprint density at radius 3 is 2.79 bits per heavy atom. The smallest absolute Gasteiger partial charge is 0.258 e. The number of hydrogen-bond donors (Lipinski definition) is 0. The molecule has 1 saturated heterocycles. The molecule has 3 heterocycles. The second-order valence-electron chi connectivity index (χ2n) is 6.90. The molecular formula is C21H19N5O2. The number of benzene rings is 1. The summed E-state index contributed by atoms with van der Waals surface area (Å²) in [6, 6.07) is 16.3. The number of nitriles is 1. The number of carbonyl (C=O) groups is 1. The van der Waals surface area contributed by atoms with E-state index in [2.05, 4.69) is 11.1 Å². The SMILES string of the molecule is C[C@@H]1CN(c2ccccc2C#N)C(=O)CN1Cc1cc(=O)n2ccccc2n1. The van der Waals surface area contributed by atoms with Gasteiger partial charge in [0.2, 0.25) is 5.91 Å². The third-order valence-electron chi connectivity index (χ3n) is 5.01. The van der Waals surface area contributed by atoms with Gasteiger partial charge in [-0.25, -0.2) is 4.98 Å². The lowest BCUT2D eigenvalue weighted by Crippen LogP contribution is -2.55. The van der Waals surface area contributed by atoms with Gasteiger partial charge in [0.15, 0.2) is 0 Å². The van der Waals surface area contributed by atoms with E-state index in [0.29, 0.717) is 35.7 Å². The number of nitrogens with zero attached hydrogens (tertiary/aromatic N) is 5. The Morgan fingerprint density at radius 2 is 1.96 bits per heavy atom. The van der Waals surface area contributed by atoms with Gasteiger partial charge in [0.05, 0.1) is 23.5 Å². The fraction of sp³-hybridized carbons (Fsp3) is 0.238. The number of piperazine rings is 1. The first-order chi connectivity index (χ1) is 13.6. The average Bonchev–Trinajstić information content (AvgIpc) is 2.70. The van der Waals surface area contributed by atoms with Crippen molar-refractivity contribution < 1.29 is 4.79 Å². The molecule has 1 amide bonds. The summed E-state index contributed by atoms with van der Waals surface area (Å²) in [6.45, 7) is 3.13. The number of hydrogen-bond acceptors (Lipinski definition) is 5. The number of anilines is 1. The van der Waals surface area contributed by atoms with Gasteiger partial charge in [-0.3, -0.25) is 18.9 Å². The zero-order valence-corrected chi connectivity index (χ0v) is 15.4. The summed E-state index contributed by atoms with van der Waals surface area (Å²) in [6.07, 6.45) is 1.69. The van der Waals surface area contributed by atoms with Crippen molar-refractivity contribution in [2.45, 2.75) is 19.5 Å². The van der Waals surface area contributed by atoms with Gasteiger partial charge < -0.3 is 4.90 Å². The summed E-state index contributed by atoms with van der Waals surface area (Å²) < 4.78 is 1.49. The van der Waals surface area contributed by atoms with E-state index in [4.69, 9.17) is 0 Å². The van der Waals surface area contributed by atoms with Crippen molar-refractivity contribution in [2.75, 3.05) is 18.0 Å². The van der Waals surface area contributed by atoms with Crippen molar-refractivity contribution in [3.05, 3.63) is 76.3 Å². The van der Waals surface area contributed by atoms with Gasteiger partial charge in [0.25, 0.3) is 5.56 Å². The Kier molecular flexibility index (Phi) is 4.63. The number of carbonyl (C=O) groups excluding carboxylic acids is 1. The van der Waals surface area contributed by atoms with Crippen LogP contribution in [0.5, 0.6) is 0 Å². The first-order valence-corrected chi connectivity index (χ1v) is 9.07. The van der Waals surface area contributed by atoms with Crippen molar-refractivity contribution in [2.24, 2.45) is 0 Å². The average molecular weight is 373 g/mol. The summed E-state index contributed by atoms with van der Waals surface area (Å²) in [5.41, 5.74) is 2.22. The number of amides is 1. The highest BCUT2D eigenvalue weighted by molar-refractivity contribution is 5.96. The molecule has 28 heavy (non-hydrogen) atoms. The van der Waals surface area contributed by atoms with E-state index in [1.54, 1.807) is 41.4 Å². The lowest BCUT2D eigenvalue weighted by atomic mass is 10.1. The zero-order valence-electron chi connectivity index (χ0n) is 15.4.